The zero-order chi connectivity index (χ0) is 13.0. The van der Waals surface area contributed by atoms with Crippen molar-refractivity contribution in [3.63, 3.8) is 0 Å². The summed E-state index contributed by atoms with van der Waals surface area (Å²) >= 11 is 6.16. The molecule has 0 saturated carbocycles. The molecule has 2 aromatic rings. The minimum Gasteiger partial charge on any atom is -0.291 e. The Labute approximate surface area is 112 Å². The van der Waals surface area contributed by atoms with Gasteiger partial charge >= 0.3 is 0 Å². The summed E-state index contributed by atoms with van der Waals surface area (Å²) in [5.74, 6) is -0.126. The molecule has 2 rings (SSSR count). The number of carbonyl (C=O) groups is 1. The minimum absolute atomic E-state index is 0.126. The van der Waals surface area contributed by atoms with Crippen molar-refractivity contribution in [2.45, 2.75) is 18.7 Å². The van der Waals surface area contributed by atoms with Crippen molar-refractivity contribution < 1.29 is 4.79 Å². The van der Waals surface area contributed by atoms with E-state index in [1.165, 1.54) is 5.56 Å². The van der Waals surface area contributed by atoms with Crippen molar-refractivity contribution in [1.29, 1.82) is 0 Å². The SMILES string of the molecule is Cc1cccc(CC(Cl)C(=O)c2ccccn2)c1. The fourth-order valence-electron chi connectivity index (χ4n) is 1.81. The summed E-state index contributed by atoms with van der Waals surface area (Å²) in [6, 6.07) is 13.3. The number of alkyl halides is 1. The van der Waals surface area contributed by atoms with Crippen LogP contribution < -0.4 is 0 Å². The Morgan fingerprint density at radius 3 is 2.78 bits per heavy atom. The molecule has 18 heavy (non-hydrogen) atoms. The molecule has 0 N–H and O–H groups in total. The molecule has 0 aliphatic heterocycles. The maximum Gasteiger partial charge on any atom is 0.199 e. The first kappa shape index (κ1) is 12.8. The molecule has 1 atom stereocenters. The number of ketones is 1. The molecule has 0 saturated heterocycles. The number of benzene rings is 1. The first-order chi connectivity index (χ1) is 8.66. The zero-order valence-corrected chi connectivity index (χ0v) is 10.9. The first-order valence-corrected chi connectivity index (χ1v) is 6.25. The van der Waals surface area contributed by atoms with Crippen molar-refractivity contribution in [2.75, 3.05) is 0 Å². The summed E-state index contributed by atoms with van der Waals surface area (Å²) in [4.78, 5) is 16.1. The van der Waals surface area contributed by atoms with Gasteiger partial charge in [0, 0.05) is 6.20 Å². The standard InChI is InChI=1S/C15H14ClNO/c1-11-5-4-6-12(9-11)10-13(16)15(18)14-7-2-3-8-17-14/h2-9,13H,10H2,1H3. The van der Waals surface area contributed by atoms with Crippen molar-refractivity contribution in [3.05, 3.63) is 65.5 Å². The third-order valence-electron chi connectivity index (χ3n) is 2.70. The van der Waals surface area contributed by atoms with E-state index in [2.05, 4.69) is 4.98 Å². The van der Waals surface area contributed by atoms with Gasteiger partial charge in [-0.15, -0.1) is 11.6 Å². The number of hydrogen-bond donors (Lipinski definition) is 0. The molecule has 2 nitrogen and oxygen atoms in total. The highest BCUT2D eigenvalue weighted by molar-refractivity contribution is 6.33. The second-order valence-corrected chi connectivity index (χ2v) is 4.77. The molecular weight excluding hydrogens is 246 g/mol. The number of halogens is 1. The van der Waals surface area contributed by atoms with E-state index in [1.54, 1.807) is 24.4 Å². The molecule has 1 heterocycles. The molecule has 3 heteroatoms. The molecule has 92 valence electrons. The van der Waals surface area contributed by atoms with Crippen LogP contribution in [0.15, 0.2) is 48.7 Å². The fourth-order valence-corrected chi connectivity index (χ4v) is 2.10. The number of aryl methyl sites for hydroxylation is 1. The van der Waals surface area contributed by atoms with Crippen LogP contribution in [0.1, 0.15) is 21.6 Å². The third kappa shape index (κ3) is 3.17. The van der Waals surface area contributed by atoms with Crippen molar-refractivity contribution in [2.24, 2.45) is 0 Å². The number of hydrogen-bond acceptors (Lipinski definition) is 2. The summed E-state index contributed by atoms with van der Waals surface area (Å²) in [6.07, 6.45) is 2.13. The summed E-state index contributed by atoms with van der Waals surface area (Å²) in [6.45, 7) is 2.02. The molecule has 0 aliphatic carbocycles. The van der Waals surface area contributed by atoms with E-state index in [-0.39, 0.29) is 5.78 Å². The van der Waals surface area contributed by atoms with E-state index in [0.717, 1.165) is 5.56 Å². The monoisotopic (exact) mass is 259 g/mol. The number of carbonyl (C=O) groups excluding carboxylic acids is 1. The summed E-state index contributed by atoms with van der Waals surface area (Å²) in [5.41, 5.74) is 2.66. The molecular formula is C15H14ClNO. The van der Waals surface area contributed by atoms with Crippen LogP contribution in [0.2, 0.25) is 0 Å². The Bertz CT molecular complexity index is 539. The van der Waals surface area contributed by atoms with Crippen molar-refractivity contribution in [3.8, 4) is 0 Å². The number of aromatic nitrogens is 1. The van der Waals surface area contributed by atoms with Gasteiger partial charge in [-0.05, 0) is 31.0 Å². The lowest BCUT2D eigenvalue weighted by atomic mass is 10.0. The lowest BCUT2D eigenvalue weighted by Gasteiger charge is -2.08. The van der Waals surface area contributed by atoms with E-state index in [0.29, 0.717) is 12.1 Å². The molecule has 0 amide bonds. The Hall–Kier alpha value is -1.67. The topological polar surface area (TPSA) is 30.0 Å². The Balaban J connectivity index is 2.09. The molecule has 0 radical (unpaired) electrons. The summed E-state index contributed by atoms with van der Waals surface area (Å²) in [7, 11) is 0. The quantitative estimate of drug-likeness (QED) is 0.622. The van der Waals surface area contributed by atoms with Gasteiger partial charge in [-0.2, -0.15) is 0 Å². The van der Waals surface area contributed by atoms with Crippen molar-refractivity contribution in [1.82, 2.24) is 4.98 Å². The van der Waals surface area contributed by atoms with Gasteiger partial charge in [0.2, 0.25) is 0 Å². The second-order valence-electron chi connectivity index (χ2n) is 4.24. The van der Waals surface area contributed by atoms with Crippen LogP contribution in [-0.2, 0) is 6.42 Å². The number of rotatable bonds is 4. The Morgan fingerprint density at radius 1 is 1.28 bits per heavy atom. The van der Waals surface area contributed by atoms with Gasteiger partial charge < -0.3 is 0 Å². The number of Topliss-reactive ketones (excluding diaryl/α,β-unsaturated/α-hetero) is 1. The highest BCUT2D eigenvalue weighted by Gasteiger charge is 2.18. The minimum atomic E-state index is -0.568. The van der Waals surface area contributed by atoms with E-state index in [1.807, 2.05) is 31.2 Å². The lowest BCUT2D eigenvalue weighted by molar-refractivity contribution is 0.0982. The Morgan fingerprint density at radius 2 is 2.11 bits per heavy atom. The van der Waals surface area contributed by atoms with Crippen molar-refractivity contribution >= 4 is 17.4 Å². The number of pyridine rings is 1. The number of nitrogens with zero attached hydrogens (tertiary/aromatic N) is 1. The van der Waals surface area contributed by atoms with E-state index in [9.17, 15) is 4.79 Å². The van der Waals surface area contributed by atoms with Gasteiger partial charge in [-0.3, -0.25) is 9.78 Å². The first-order valence-electron chi connectivity index (χ1n) is 5.81. The summed E-state index contributed by atoms with van der Waals surface area (Å²) in [5, 5.41) is -0.568. The van der Waals surface area contributed by atoms with Gasteiger partial charge in [0.15, 0.2) is 5.78 Å². The highest BCUT2D eigenvalue weighted by Crippen LogP contribution is 2.14. The predicted octanol–water partition coefficient (Wildman–Crippen LogP) is 3.42. The molecule has 1 aromatic carbocycles. The van der Waals surface area contributed by atoms with Crippen LogP contribution >= 0.6 is 11.6 Å². The van der Waals surface area contributed by atoms with Crippen LogP contribution in [0.4, 0.5) is 0 Å². The average Bonchev–Trinajstić information content (AvgIpc) is 2.39. The van der Waals surface area contributed by atoms with Gasteiger partial charge in [0.25, 0.3) is 0 Å². The van der Waals surface area contributed by atoms with Gasteiger partial charge in [-0.1, -0.05) is 35.9 Å². The fraction of sp³-hybridized carbons (Fsp3) is 0.200. The van der Waals surface area contributed by atoms with Crippen LogP contribution in [-0.4, -0.2) is 16.1 Å². The normalized spacial score (nSPS) is 12.1. The van der Waals surface area contributed by atoms with Crippen LogP contribution in [0, 0.1) is 6.92 Å². The second kappa shape index (κ2) is 5.78. The van der Waals surface area contributed by atoms with E-state index in [4.69, 9.17) is 11.6 Å². The summed E-state index contributed by atoms with van der Waals surface area (Å²) < 4.78 is 0. The highest BCUT2D eigenvalue weighted by atomic mass is 35.5. The third-order valence-corrected chi connectivity index (χ3v) is 3.05. The zero-order valence-electron chi connectivity index (χ0n) is 10.1. The van der Waals surface area contributed by atoms with E-state index >= 15 is 0 Å². The van der Waals surface area contributed by atoms with Crippen LogP contribution in [0.5, 0.6) is 0 Å². The average molecular weight is 260 g/mol. The van der Waals surface area contributed by atoms with E-state index < -0.39 is 5.38 Å². The molecule has 0 bridgehead atoms. The van der Waals surface area contributed by atoms with Gasteiger partial charge in [0.1, 0.15) is 11.1 Å². The molecule has 0 fully saturated rings. The Kier molecular flexibility index (Phi) is 4.11. The molecule has 0 aliphatic rings. The van der Waals surface area contributed by atoms with Crippen LogP contribution in [0.25, 0.3) is 0 Å². The largest absolute Gasteiger partial charge is 0.291 e. The molecule has 1 unspecified atom stereocenters. The van der Waals surface area contributed by atoms with Gasteiger partial charge in [0.05, 0.1) is 0 Å². The predicted molar refractivity (Wildman–Crippen MR) is 73.1 cm³/mol. The molecule has 1 aromatic heterocycles. The molecule has 0 spiro atoms. The smallest absolute Gasteiger partial charge is 0.199 e. The van der Waals surface area contributed by atoms with Gasteiger partial charge in [-0.25, -0.2) is 0 Å². The maximum atomic E-state index is 12.0. The lowest BCUT2D eigenvalue weighted by Crippen LogP contribution is -2.18. The maximum absolute atomic E-state index is 12.0. The van der Waals surface area contributed by atoms with Crippen LogP contribution in [0.3, 0.4) is 0 Å².